The number of nitrogens with one attached hydrogen (secondary N) is 1. The Hall–Kier alpha value is -1.61. The molecule has 0 aliphatic heterocycles. The Morgan fingerprint density at radius 3 is 2.58 bits per heavy atom. The highest BCUT2D eigenvalue weighted by Gasteiger charge is 2.09. The van der Waals surface area contributed by atoms with Gasteiger partial charge in [0.05, 0.1) is 18.2 Å². The summed E-state index contributed by atoms with van der Waals surface area (Å²) < 4.78 is 5.40. The second kappa shape index (κ2) is 8.48. The van der Waals surface area contributed by atoms with E-state index in [-0.39, 0.29) is 19.3 Å². The summed E-state index contributed by atoms with van der Waals surface area (Å²) in [7, 11) is 0. The third-order valence-electron chi connectivity index (χ3n) is 2.78. The van der Waals surface area contributed by atoms with E-state index in [0.29, 0.717) is 17.9 Å². The van der Waals surface area contributed by atoms with Gasteiger partial charge >= 0.3 is 0 Å². The van der Waals surface area contributed by atoms with Crippen molar-refractivity contribution in [2.75, 3.05) is 19.8 Å². The van der Waals surface area contributed by atoms with E-state index >= 15 is 0 Å². The van der Waals surface area contributed by atoms with Crippen LogP contribution < -0.4 is 10.1 Å². The van der Waals surface area contributed by atoms with Gasteiger partial charge in [0.15, 0.2) is 0 Å². The quantitative estimate of drug-likeness (QED) is 0.642. The first-order valence-corrected chi connectivity index (χ1v) is 6.34. The highest BCUT2D eigenvalue weighted by Crippen LogP contribution is 2.11. The Bertz CT molecular complexity index is 396. The topological polar surface area (TPSA) is 85.5 Å². The van der Waals surface area contributed by atoms with Crippen molar-refractivity contribution < 1.29 is 14.9 Å². The van der Waals surface area contributed by atoms with E-state index in [4.69, 9.17) is 15.1 Å². The molecular formula is C14H20N2O3. The Morgan fingerprint density at radius 2 is 2.05 bits per heavy atom. The van der Waals surface area contributed by atoms with Crippen molar-refractivity contribution >= 4 is 0 Å². The average Bonchev–Trinajstić information content (AvgIpc) is 2.46. The van der Waals surface area contributed by atoms with Gasteiger partial charge in [-0.15, -0.1) is 0 Å². The van der Waals surface area contributed by atoms with Crippen molar-refractivity contribution in [3.63, 3.8) is 0 Å². The van der Waals surface area contributed by atoms with E-state index in [9.17, 15) is 5.11 Å². The molecule has 0 aliphatic rings. The number of benzene rings is 1. The van der Waals surface area contributed by atoms with E-state index in [2.05, 4.69) is 5.32 Å². The number of aliphatic hydroxyl groups excluding tert-OH is 2. The number of hydrogen-bond donors (Lipinski definition) is 3. The molecule has 0 saturated carbocycles. The van der Waals surface area contributed by atoms with E-state index in [1.54, 1.807) is 24.3 Å². The number of nitrogens with zero attached hydrogens (tertiary/aromatic N) is 1. The lowest BCUT2D eigenvalue weighted by molar-refractivity contribution is 0.0995. The van der Waals surface area contributed by atoms with Crippen LogP contribution in [0, 0.1) is 11.3 Å². The van der Waals surface area contributed by atoms with Gasteiger partial charge in [0, 0.05) is 12.6 Å². The van der Waals surface area contributed by atoms with E-state index in [0.717, 1.165) is 6.42 Å². The van der Waals surface area contributed by atoms with E-state index < -0.39 is 6.10 Å². The average molecular weight is 264 g/mol. The fraction of sp³-hybridized carbons (Fsp3) is 0.500. The minimum Gasteiger partial charge on any atom is -0.491 e. The molecular weight excluding hydrogens is 244 g/mol. The molecule has 0 radical (unpaired) electrons. The van der Waals surface area contributed by atoms with Gasteiger partial charge in [-0.25, -0.2) is 0 Å². The zero-order valence-corrected chi connectivity index (χ0v) is 11.0. The second-order valence-corrected chi connectivity index (χ2v) is 4.30. The van der Waals surface area contributed by atoms with Crippen molar-refractivity contribution in [1.82, 2.24) is 5.32 Å². The summed E-state index contributed by atoms with van der Waals surface area (Å²) in [6, 6.07) is 8.75. The van der Waals surface area contributed by atoms with Crippen molar-refractivity contribution in [3.8, 4) is 11.8 Å². The lowest BCUT2D eigenvalue weighted by atomic mass is 10.2. The van der Waals surface area contributed by atoms with Gasteiger partial charge in [0.2, 0.25) is 0 Å². The third-order valence-corrected chi connectivity index (χ3v) is 2.78. The van der Waals surface area contributed by atoms with E-state index in [1.165, 1.54) is 0 Å². The minimum absolute atomic E-state index is 0.00422. The van der Waals surface area contributed by atoms with Crippen LogP contribution in [0.25, 0.3) is 0 Å². The Kier molecular flexibility index (Phi) is 6.90. The van der Waals surface area contributed by atoms with Crippen molar-refractivity contribution in [2.45, 2.75) is 25.5 Å². The molecule has 0 aromatic heterocycles. The van der Waals surface area contributed by atoms with Gasteiger partial charge in [0.1, 0.15) is 18.5 Å². The summed E-state index contributed by atoms with van der Waals surface area (Å²) in [4.78, 5) is 0. The Balaban J connectivity index is 2.29. The molecule has 2 atom stereocenters. The molecule has 0 amide bonds. The van der Waals surface area contributed by atoms with Crippen LogP contribution in [0.5, 0.6) is 5.75 Å². The van der Waals surface area contributed by atoms with Gasteiger partial charge in [0.25, 0.3) is 0 Å². The van der Waals surface area contributed by atoms with Crippen LogP contribution >= 0.6 is 0 Å². The van der Waals surface area contributed by atoms with Gasteiger partial charge < -0.3 is 20.3 Å². The van der Waals surface area contributed by atoms with Crippen LogP contribution in [0.4, 0.5) is 0 Å². The predicted molar refractivity (Wildman–Crippen MR) is 71.8 cm³/mol. The molecule has 0 unspecified atom stereocenters. The summed E-state index contributed by atoms with van der Waals surface area (Å²) in [6.07, 6.45) is 0.163. The second-order valence-electron chi connectivity index (χ2n) is 4.30. The Labute approximate surface area is 113 Å². The monoisotopic (exact) mass is 264 g/mol. The number of aliphatic hydroxyl groups is 2. The van der Waals surface area contributed by atoms with Gasteiger partial charge in [-0.2, -0.15) is 5.26 Å². The van der Waals surface area contributed by atoms with Gasteiger partial charge in [-0.1, -0.05) is 6.92 Å². The van der Waals surface area contributed by atoms with Crippen LogP contribution in [0.15, 0.2) is 24.3 Å². The number of nitriles is 1. The predicted octanol–water partition coefficient (Wildman–Crippen LogP) is 0.658. The maximum absolute atomic E-state index is 9.73. The number of rotatable bonds is 8. The largest absolute Gasteiger partial charge is 0.491 e. The molecule has 0 spiro atoms. The summed E-state index contributed by atoms with van der Waals surface area (Å²) in [6.45, 7) is 2.56. The first-order valence-electron chi connectivity index (χ1n) is 6.34. The smallest absolute Gasteiger partial charge is 0.119 e. The number of hydrogen-bond acceptors (Lipinski definition) is 5. The van der Waals surface area contributed by atoms with Crippen molar-refractivity contribution in [3.05, 3.63) is 29.8 Å². The molecule has 5 heteroatoms. The first kappa shape index (κ1) is 15.4. The summed E-state index contributed by atoms with van der Waals surface area (Å²) >= 11 is 0. The summed E-state index contributed by atoms with van der Waals surface area (Å²) in [5.41, 5.74) is 0.572. The maximum atomic E-state index is 9.73. The molecule has 0 aliphatic carbocycles. The molecule has 104 valence electrons. The summed E-state index contributed by atoms with van der Waals surface area (Å²) in [5, 5.41) is 30.4. The first-order chi connectivity index (χ1) is 9.19. The molecule has 0 saturated heterocycles. The van der Waals surface area contributed by atoms with Crippen LogP contribution in [0.2, 0.25) is 0 Å². The molecule has 0 fully saturated rings. The molecule has 1 aromatic rings. The lowest BCUT2D eigenvalue weighted by Gasteiger charge is -2.17. The molecule has 0 heterocycles. The van der Waals surface area contributed by atoms with E-state index in [1.807, 2.05) is 13.0 Å². The zero-order chi connectivity index (χ0) is 14.1. The third kappa shape index (κ3) is 5.71. The highest BCUT2D eigenvalue weighted by atomic mass is 16.5. The van der Waals surface area contributed by atoms with Crippen LogP contribution in [-0.4, -0.2) is 42.1 Å². The van der Waals surface area contributed by atoms with Crippen molar-refractivity contribution in [1.29, 1.82) is 5.26 Å². The molecule has 1 rings (SSSR count). The maximum Gasteiger partial charge on any atom is 0.119 e. The highest BCUT2D eigenvalue weighted by molar-refractivity contribution is 5.34. The lowest BCUT2D eigenvalue weighted by Crippen LogP contribution is -2.39. The standard InChI is InChI=1S/C14H20N2O3/c1-2-12(9-17)16-8-13(18)10-19-14-5-3-11(7-15)4-6-14/h3-6,12-13,16-18H,2,8-10H2,1H3/t12-,13+/m1/s1. The molecule has 0 bridgehead atoms. The van der Waals surface area contributed by atoms with Crippen LogP contribution in [-0.2, 0) is 0 Å². The van der Waals surface area contributed by atoms with Crippen molar-refractivity contribution in [2.24, 2.45) is 0 Å². The summed E-state index contributed by atoms with van der Waals surface area (Å²) in [5.74, 6) is 0.618. The fourth-order valence-corrected chi connectivity index (χ4v) is 1.52. The molecule has 19 heavy (non-hydrogen) atoms. The zero-order valence-electron chi connectivity index (χ0n) is 11.0. The van der Waals surface area contributed by atoms with Crippen LogP contribution in [0.3, 0.4) is 0 Å². The number of ether oxygens (including phenoxy) is 1. The molecule has 1 aromatic carbocycles. The fourth-order valence-electron chi connectivity index (χ4n) is 1.52. The SMILES string of the molecule is CC[C@H](CO)NC[C@H](O)COc1ccc(C#N)cc1. The minimum atomic E-state index is -0.642. The van der Waals surface area contributed by atoms with Gasteiger partial charge in [-0.3, -0.25) is 0 Å². The van der Waals surface area contributed by atoms with Gasteiger partial charge in [-0.05, 0) is 30.7 Å². The normalized spacial score (nSPS) is 13.6. The molecule has 3 N–H and O–H groups in total. The van der Waals surface area contributed by atoms with Crippen LogP contribution in [0.1, 0.15) is 18.9 Å². The molecule has 5 nitrogen and oxygen atoms in total. The Morgan fingerprint density at radius 1 is 1.37 bits per heavy atom.